The Kier molecular flexibility index (Phi) is 8.99. The predicted octanol–water partition coefficient (Wildman–Crippen LogP) is 6.08. The topological polar surface area (TPSA) is 0 Å². The minimum atomic E-state index is 0.687. The third-order valence-electron chi connectivity index (χ3n) is 3.91. The van der Waals surface area contributed by atoms with E-state index in [-0.39, 0.29) is 0 Å². The van der Waals surface area contributed by atoms with E-state index in [1.54, 1.807) is 0 Å². The average Bonchev–Trinajstić information content (AvgIpc) is 2.44. The monoisotopic (exact) mass is 280 g/mol. The molecule has 1 aromatic carbocycles. The molecule has 0 heterocycles. The Morgan fingerprint density at radius 2 is 1.47 bits per heavy atom. The zero-order valence-electron chi connectivity index (χ0n) is 12.6. The Hall–Kier alpha value is -0.490. The van der Waals surface area contributed by atoms with Gasteiger partial charge in [0, 0.05) is 5.88 Å². The van der Waals surface area contributed by atoms with Gasteiger partial charge in [0.05, 0.1) is 0 Å². The second kappa shape index (κ2) is 10.3. The number of alkyl halides is 1. The Labute approximate surface area is 124 Å². The van der Waals surface area contributed by atoms with Crippen molar-refractivity contribution in [2.45, 2.75) is 58.8 Å². The van der Waals surface area contributed by atoms with E-state index in [9.17, 15) is 0 Å². The summed E-state index contributed by atoms with van der Waals surface area (Å²) in [4.78, 5) is 0. The van der Waals surface area contributed by atoms with Crippen molar-refractivity contribution >= 4 is 11.6 Å². The van der Waals surface area contributed by atoms with E-state index in [1.807, 2.05) is 0 Å². The van der Waals surface area contributed by atoms with E-state index in [0.717, 1.165) is 11.8 Å². The third-order valence-corrected chi connectivity index (χ3v) is 4.44. The van der Waals surface area contributed by atoms with Gasteiger partial charge < -0.3 is 0 Å². The quantitative estimate of drug-likeness (QED) is 0.360. The number of halogens is 1. The average molecular weight is 281 g/mol. The summed E-state index contributed by atoms with van der Waals surface area (Å²) in [5.74, 6) is 2.37. The van der Waals surface area contributed by atoms with Crippen LogP contribution in [-0.4, -0.2) is 5.88 Å². The fourth-order valence-corrected chi connectivity index (χ4v) is 2.66. The van der Waals surface area contributed by atoms with E-state index in [2.05, 4.69) is 44.2 Å². The SMILES string of the molecule is C[C@@H](CCCCc1ccccc1)CCC[C@@H](C)CCl. The van der Waals surface area contributed by atoms with Crippen molar-refractivity contribution in [3.63, 3.8) is 0 Å². The molecule has 0 amide bonds. The number of unbranched alkanes of at least 4 members (excludes halogenated alkanes) is 1. The van der Waals surface area contributed by atoms with Crippen LogP contribution in [0.2, 0.25) is 0 Å². The number of hydrogen-bond acceptors (Lipinski definition) is 0. The molecule has 0 aliphatic heterocycles. The van der Waals surface area contributed by atoms with Crippen molar-refractivity contribution in [1.82, 2.24) is 0 Å². The normalized spacial score (nSPS) is 14.3. The summed E-state index contributed by atoms with van der Waals surface area (Å²) in [6.07, 6.45) is 9.30. The highest BCUT2D eigenvalue weighted by molar-refractivity contribution is 6.18. The number of aryl methyl sites for hydroxylation is 1. The largest absolute Gasteiger partial charge is 0.126 e. The third kappa shape index (κ3) is 8.31. The van der Waals surface area contributed by atoms with Gasteiger partial charge in [0.25, 0.3) is 0 Å². The summed E-state index contributed by atoms with van der Waals surface area (Å²) in [5, 5.41) is 0. The summed E-state index contributed by atoms with van der Waals surface area (Å²) in [6.45, 7) is 4.64. The molecule has 2 atom stereocenters. The van der Waals surface area contributed by atoms with Gasteiger partial charge in [-0.1, -0.05) is 69.9 Å². The van der Waals surface area contributed by atoms with Crippen molar-refractivity contribution in [1.29, 1.82) is 0 Å². The first kappa shape index (κ1) is 16.6. The Bertz CT molecular complexity index is 307. The zero-order chi connectivity index (χ0) is 13.9. The molecule has 0 saturated carbocycles. The van der Waals surface area contributed by atoms with Gasteiger partial charge in [0.15, 0.2) is 0 Å². The number of hydrogen-bond donors (Lipinski definition) is 0. The van der Waals surface area contributed by atoms with Gasteiger partial charge in [0.1, 0.15) is 0 Å². The van der Waals surface area contributed by atoms with Crippen LogP contribution < -0.4 is 0 Å². The number of rotatable bonds is 10. The Balaban J connectivity index is 2.00. The van der Waals surface area contributed by atoms with Gasteiger partial charge in [-0.2, -0.15) is 0 Å². The summed E-state index contributed by atoms with van der Waals surface area (Å²) >= 11 is 5.83. The predicted molar refractivity (Wildman–Crippen MR) is 86.9 cm³/mol. The molecule has 0 aliphatic carbocycles. The van der Waals surface area contributed by atoms with Crippen LogP contribution in [0.25, 0.3) is 0 Å². The maximum absolute atomic E-state index is 5.83. The summed E-state index contributed by atoms with van der Waals surface area (Å²) in [6, 6.07) is 10.8. The standard InChI is InChI=1S/C18H29Cl/c1-16(10-8-11-17(2)15-19)9-6-7-14-18-12-4-3-5-13-18/h3-5,12-13,16-17H,6-11,14-15H2,1-2H3/t16-,17+/m0/s1. The lowest BCUT2D eigenvalue weighted by atomic mass is 9.94. The van der Waals surface area contributed by atoms with Crippen LogP contribution in [0.3, 0.4) is 0 Å². The molecule has 0 unspecified atom stereocenters. The smallest absolute Gasteiger partial charge is 0.0249 e. The number of benzene rings is 1. The molecule has 1 aromatic rings. The summed E-state index contributed by atoms with van der Waals surface area (Å²) < 4.78 is 0. The maximum atomic E-state index is 5.83. The van der Waals surface area contributed by atoms with Gasteiger partial charge >= 0.3 is 0 Å². The molecule has 0 radical (unpaired) electrons. The lowest BCUT2D eigenvalue weighted by Gasteiger charge is -2.12. The lowest BCUT2D eigenvalue weighted by molar-refractivity contribution is 0.424. The Morgan fingerprint density at radius 3 is 2.16 bits per heavy atom. The van der Waals surface area contributed by atoms with Crippen molar-refractivity contribution < 1.29 is 0 Å². The molecule has 0 bridgehead atoms. The molecule has 0 nitrogen and oxygen atoms in total. The van der Waals surface area contributed by atoms with Crippen molar-refractivity contribution in [2.75, 3.05) is 5.88 Å². The molecule has 1 rings (SSSR count). The van der Waals surface area contributed by atoms with Crippen LogP contribution >= 0.6 is 11.6 Å². The first-order valence-corrected chi connectivity index (χ1v) is 8.35. The van der Waals surface area contributed by atoms with Gasteiger partial charge in [-0.05, 0) is 36.7 Å². The molecule has 0 aliphatic rings. The second-order valence-corrected chi connectivity index (χ2v) is 6.34. The van der Waals surface area contributed by atoms with Crippen LogP contribution in [0.4, 0.5) is 0 Å². The molecule has 0 aromatic heterocycles. The van der Waals surface area contributed by atoms with Crippen LogP contribution in [0, 0.1) is 11.8 Å². The second-order valence-electron chi connectivity index (χ2n) is 6.03. The van der Waals surface area contributed by atoms with Crippen LogP contribution in [0.15, 0.2) is 30.3 Å². The lowest BCUT2D eigenvalue weighted by Crippen LogP contribution is -2.00. The Morgan fingerprint density at radius 1 is 0.842 bits per heavy atom. The molecule has 19 heavy (non-hydrogen) atoms. The van der Waals surface area contributed by atoms with Gasteiger partial charge in [0.2, 0.25) is 0 Å². The molecule has 0 fully saturated rings. The van der Waals surface area contributed by atoms with Gasteiger partial charge in [-0.15, -0.1) is 11.6 Å². The molecule has 0 N–H and O–H groups in total. The minimum Gasteiger partial charge on any atom is -0.126 e. The minimum absolute atomic E-state index is 0.687. The highest BCUT2D eigenvalue weighted by Gasteiger charge is 2.04. The van der Waals surface area contributed by atoms with E-state index in [0.29, 0.717) is 5.92 Å². The first-order valence-electron chi connectivity index (χ1n) is 7.82. The zero-order valence-corrected chi connectivity index (χ0v) is 13.3. The van der Waals surface area contributed by atoms with Gasteiger partial charge in [-0.3, -0.25) is 0 Å². The summed E-state index contributed by atoms with van der Waals surface area (Å²) in [7, 11) is 0. The van der Waals surface area contributed by atoms with Crippen LogP contribution in [-0.2, 0) is 6.42 Å². The van der Waals surface area contributed by atoms with E-state index in [1.165, 1.54) is 50.5 Å². The van der Waals surface area contributed by atoms with E-state index >= 15 is 0 Å². The molecule has 0 saturated heterocycles. The fraction of sp³-hybridized carbons (Fsp3) is 0.667. The highest BCUT2D eigenvalue weighted by atomic mass is 35.5. The molecule has 0 spiro atoms. The molecular weight excluding hydrogens is 252 g/mol. The van der Waals surface area contributed by atoms with Crippen LogP contribution in [0.5, 0.6) is 0 Å². The van der Waals surface area contributed by atoms with E-state index in [4.69, 9.17) is 11.6 Å². The van der Waals surface area contributed by atoms with Crippen LogP contribution in [0.1, 0.15) is 57.9 Å². The first-order chi connectivity index (χ1) is 9.22. The molecule has 108 valence electrons. The highest BCUT2D eigenvalue weighted by Crippen LogP contribution is 2.18. The van der Waals surface area contributed by atoms with E-state index < -0.39 is 0 Å². The maximum Gasteiger partial charge on any atom is 0.0249 e. The molecular formula is C18H29Cl. The van der Waals surface area contributed by atoms with Crippen molar-refractivity contribution in [2.24, 2.45) is 11.8 Å². The molecule has 1 heteroatoms. The summed E-state index contributed by atoms with van der Waals surface area (Å²) in [5.41, 5.74) is 1.48. The fourth-order valence-electron chi connectivity index (χ4n) is 2.50. The van der Waals surface area contributed by atoms with Crippen molar-refractivity contribution in [3.05, 3.63) is 35.9 Å². The van der Waals surface area contributed by atoms with Crippen molar-refractivity contribution in [3.8, 4) is 0 Å². The van der Waals surface area contributed by atoms with Gasteiger partial charge in [-0.25, -0.2) is 0 Å².